The zero-order valence-electron chi connectivity index (χ0n) is 48.6. The second-order valence-corrected chi connectivity index (χ2v) is 21.8. The van der Waals surface area contributed by atoms with Gasteiger partial charge in [-0.1, -0.05) is 280 Å². The number of hydrogen-bond donors (Lipinski definition) is 3. The predicted octanol–water partition coefficient (Wildman–Crippen LogP) is 20.3. The molecule has 6 nitrogen and oxygen atoms in total. The van der Waals surface area contributed by atoms with E-state index in [1.165, 1.54) is 212 Å². The van der Waals surface area contributed by atoms with Crippen LogP contribution in [-0.2, 0) is 14.3 Å². The number of ether oxygens (including phenoxy) is 1. The average Bonchev–Trinajstić information content (AvgIpc) is 3.39. The quantitative estimate of drug-likeness (QED) is 0.0244. The third-order valence-corrected chi connectivity index (χ3v) is 14.5. The summed E-state index contributed by atoms with van der Waals surface area (Å²) >= 11 is 0. The van der Waals surface area contributed by atoms with E-state index in [0.717, 1.165) is 89.9 Å². The molecular weight excluding hydrogens is 899 g/mol. The van der Waals surface area contributed by atoms with Crippen molar-refractivity contribution in [3.8, 4) is 0 Å². The van der Waals surface area contributed by atoms with Gasteiger partial charge >= 0.3 is 5.97 Å². The van der Waals surface area contributed by atoms with Gasteiger partial charge in [-0.2, -0.15) is 0 Å². The van der Waals surface area contributed by atoms with Crippen molar-refractivity contribution in [1.82, 2.24) is 5.32 Å². The Hall–Kier alpha value is -2.44. The van der Waals surface area contributed by atoms with Gasteiger partial charge in [0, 0.05) is 12.8 Å². The van der Waals surface area contributed by atoms with Crippen LogP contribution >= 0.6 is 0 Å². The molecule has 0 fully saturated rings. The van der Waals surface area contributed by atoms with Crippen LogP contribution in [0.25, 0.3) is 0 Å². The number of carbonyl (C=O) groups excluding carboxylic acids is 2. The Morgan fingerprint density at radius 3 is 1.14 bits per heavy atom. The highest BCUT2D eigenvalue weighted by molar-refractivity contribution is 5.76. The van der Waals surface area contributed by atoms with Gasteiger partial charge in [0.05, 0.1) is 25.4 Å². The maximum absolute atomic E-state index is 12.5. The number of carbonyl (C=O) groups is 2. The van der Waals surface area contributed by atoms with Crippen LogP contribution in [0.5, 0.6) is 0 Å². The van der Waals surface area contributed by atoms with Gasteiger partial charge in [0.25, 0.3) is 0 Å². The highest BCUT2D eigenvalue weighted by Gasteiger charge is 2.18. The Kier molecular flexibility index (Phi) is 60.0. The fourth-order valence-electron chi connectivity index (χ4n) is 9.60. The number of aliphatic hydroxyl groups is 2. The van der Waals surface area contributed by atoms with Gasteiger partial charge in [0.2, 0.25) is 5.91 Å². The Balaban J connectivity index is 3.55. The van der Waals surface area contributed by atoms with Crippen LogP contribution in [0.2, 0.25) is 0 Å². The summed E-state index contributed by atoms with van der Waals surface area (Å²) in [6, 6.07) is -0.648. The maximum atomic E-state index is 12.5. The lowest BCUT2D eigenvalue weighted by atomic mass is 10.0. The first-order valence-electron chi connectivity index (χ1n) is 32.1. The van der Waals surface area contributed by atoms with Crippen molar-refractivity contribution in [3.63, 3.8) is 0 Å². The monoisotopic (exact) mass is 1020 g/mol. The Morgan fingerprint density at radius 1 is 0.397 bits per heavy atom. The number of hydrogen-bond acceptors (Lipinski definition) is 5. The molecule has 0 bridgehead atoms. The molecule has 0 aliphatic carbocycles. The van der Waals surface area contributed by atoms with Crippen molar-refractivity contribution in [2.75, 3.05) is 13.2 Å². The molecule has 0 aromatic rings. The Morgan fingerprint density at radius 2 is 0.726 bits per heavy atom. The minimum absolute atomic E-state index is 0.0364. The van der Waals surface area contributed by atoms with E-state index in [9.17, 15) is 19.8 Å². The predicted molar refractivity (Wildman–Crippen MR) is 319 cm³/mol. The molecule has 2 atom stereocenters. The number of allylic oxidation sites excluding steroid dienone is 9. The third-order valence-electron chi connectivity index (χ3n) is 14.5. The van der Waals surface area contributed by atoms with Crippen LogP contribution in [0.1, 0.15) is 328 Å². The third kappa shape index (κ3) is 58.7. The average molecular weight is 1020 g/mol. The second-order valence-electron chi connectivity index (χ2n) is 21.8. The van der Waals surface area contributed by atoms with E-state index >= 15 is 0 Å². The van der Waals surface area contributed by atoms with Crippen molar-refractivity contribution in [2.24, 2.45) is 0 Å². The van der Waals surface area contributed by atoms with E-state index in [-0.39, 0.29) is 18.5 Å². The molecule has 0 rings (SSSR count). The lowest BCUT2D eigenvalue weighted by Crippen LogP contribution is -2.45. The summed E-state index contributed by atoms with van der Waals surface area (Å²) in [5.74, 6) is -0.126. The first kappa shape index (κ1) is 70.6. The molecule has 0 saturated carbocycles. The van der Waals surface area contributed by atoms with Gasteiger partial charge in [0.15, 0.2) is 0 Å². The van der Waals surface area contributed by atoms with Gasteiger partial charge in [-0.05, 0) is 96.3 Å². The van der Waals surface area contributed by atoms with Crippen LogP contribution < -0.4 is 5.32 Å². The summed E-state index contributed by atoms with van der Waals surface area (Å²) in [6.07, 6.45) is 81.2. The molecule has 0 aromatic carbocycles. The molecule has 6 heteroatoms. The molecular formula is C67H123NO5. The molecule has 2 unspecified atom stereocenters. The molecule has 0 saturated heterocycles. The maximum Gasteiger partial charge on any atom is 0.305 e. The first-order chi connectivity index (χ1) is 36.0. The number of aliphatic hydroxyl groups excluding tert-OH is 2. The van der Waals surface area contributed by atoms with Crippen molar-refractivity contribution in [2.45, 2.75) is 341 Å². The minimum Gasteiger partial charge on any atom is -0.466 e. The van der Waals surface area contributed by atoms with Crippen molar-refractivity contribution in [1.29, 1.82) is 0 Å². The minimum atomic E-state index is -0.862. The SMILES string of the molecule is CCCCCC/C=C\C/C=C\CCCCCCCC(=O)OCCCCC/C=C\C=C/CCCCCCCCC(=O)NC(CO)C(O)/C=C/CCCCCCCCCCCCCCCCCCCCCCCCC. The molecule has 73 heavy (non-hydrogen) atoms. The molecule has 0 aliphatic heterocycles. The summed E-state index contributed by atoms with van der Waals surface area (Å²) in [6.45, 7) is 4.84. The van der Waals surface area contributed by atoms with E-state index in [2.05, 4.69) is 67.8 Å². The molecule has 0 radical (unpaired) electrons. The standard InChI is InChI=1S/C67H123NO5/c1-3-5-7-9-11-13-15-17-19-21-22-23-24-25-26-27-28-29-31-35-39-43-47-51-55-59-65(70)64(63-69)68-66(71)60-56-52-48-44-40-36-32-30-34-38-42-46-50-54-58-62-73-67(72)61-57-53-49-45-41-37-33-20-18-16-14-12-10-8-6-4-2/h14,16,20,30,33-34,38,42,55,59,64-65,69-70H,3-13,15,17-19,21-29,31-32,35-37,39-41,43-54,56-58,60-63H2,1-2H3,(H,68,71)/b16-14-,33-20-,34-30-,42-38-,59-55+. The van der Waals surface area contributed by atoms with Gasteiger partial charge in [0.1, 0.15) is 0 Å². The molecule has 3 N–H and O–H groups in total. The largest absolute Gasteiger partial charge is 0.466 e. The molecule has 0 aliphatic rings. The summed E-state index contributed by atoms with van der Waals surface area (Å²) < 4.78 is 5.45. The highest BCUT2D eigenvalue weighted by Crippen LogP contribution is 2.17. The van der Waals surface area contributed by atoms with Crippen LogP contribution in [0.4, 0.5) is 0 Å². The number of rotatable bonds is 59. The number of esters is 1. The van der Waals surface area contributed by atoms with Gasteiger partial charge < -0.3 is 20.3 Å². The molecule has 0 spiro atoms. The van der Waals surface area contributed by atoms with Gasteiger partial charge in [-0.25, -0.2) is 0 Å². The highest BCUT2D eigenvalue weighted by atomic mass is 16.5. The summed E-state index contributed by atoms with van der Waals surface area (Å²) in [5, 5.41) is 23.2. The van der Waals surface area contributed by atoms with Crippen molar-refractivity contribution < 1.29 is 24.5 Å². The van der Waals surface area contributed by atoms with Crippen LogP contribution in [0.3, 0.4) is 0 Å². The second kappa shape index (κ2) is 62.1. The smallest absolute Gasteiger partial charge is 0.305 e. The molecule has 0 heterocycles. The Bertz CT molecular complexity index is 1270. The Labute approximate surface area is 454 Å². The normalized spacial score (nSPS) is 13.0. The first-order valence-corrected chi connectivity index (χ1v) is 32.1. The van der Waals surface area contributed by atoms with E-state index in [1.54, 1.807) is 6.08 Å². The number of unbranched alkanes of at least 4 members (excludes halogenated alkanes) is 41. The van der Waals surface area contributed by atoms with Crippen molar-refractivity contribution >= 4 is 11.9 Å². The van der Waals surface area contributed by atoms with Crippen LogP contribution in [0, 0.1) is 0 Å². The van der Waals surface area contributed by atoms with Crippen LogP contribution in [-0.4, -0.2) is 47.4 Å². The lowest BCUT2D eigenvalue weighted by molar-refractivity contribution is -0.143. The lowest BCUT2D eigenvalue weighted by Gasteiger charge is -2.20. The van der Waals surface area contributed by atoms with E-state index < -0.39 is 12.1 Å². The zero-order valence-corrected chi connectivity index (χ0v) is 48.6. The molecule has 1 amide bonds. The van der Waals surface area contributed by atoms with Gasteiger partial charge in [-0.3, -0.25) is 9.59 Å². The number of nitrogens with one attached hydrogen (secondary N) is 1. The summed E-state index contributed by atoms with van der Waals surface area (Å²) in [7, 11) is 0. The van der Waals surface area contributed by atoms with Crippen LogP contribution in [0.15, 0.2) is 60.8 Å². The van der Waals surface area contributed by atoms with Crippen molar-refractivity contribution in [3.05, 3.63) is 60.8 Å². The van der Waals surface area contributed by atoms with Gasteiger partial charge in [-0.15, -0.1) is 0 Å². The number of amides is 1. The summed E-state index contributed by atoms with van der Waals surface area (Å²) in [4.78, 5) is 24.6. The van der Waals surface area contributed by atoms with E-state index in [0.29, 0.717) is 19.4 Å². The summed E-state index contributed by atoms with van der Waals surface area (Å²) in [5.41, 5.74) is 0. The van der Waals surface area contributed by atoms with E-state index in [4.69, 9.17) is 4.74 Å². The molecule has 0 aromatic heterocycles. The van der Waals surface area contributed by atoms with E-state index in [1.807, 2.05) is 6.08 Å². The topological polar surface area (TPSA) is 95.9 Å². The zero-order chi connectivity index (χ0) is 52.9. The molecule has 426 valence electrons. The fourth-order valence-corrected chi connectivity index (χ4v) is 9.60. The fraction of sp³-hybridized carbons (Fsp3) is 0.821.